The fourth-order valence-electron chi connectivity index (χ4n) is 1.80. The number of amides is 1. The maximum Gasteiger partial charge on any atom is 0.251 e. The van der Waals surface area contributed by atoms with Crippen LogP contribution in [0, 0.1) is 0 Å². The molecule has 2 heterocycles. The Morgan fingerprint density at radius 1 is 1.53 bits per heavy atom. The number of ether oxygens (including phenoxy) is 1. The van der Waals surface area contributed by atoms with Gasteiger partial charge in [-0.3, -0.25) is 4.79 Å². The molecule has 1 saturated heterocycles. The first kappa shape index (κ1) is 14.2. The normalized spacial score (nSPS) is 19.2. The van der Waals surface area contributed by atoms with Crippen LogP contribution in [0.15, 0.2) is 18.3 Å². The Bertz CT molecular complexity index is 451. The van der Waals surface area contributed by atoms with Gasteiger partial charge in [-0.25, -0.2) is 4.98 Å². The lowest BCUT2D eigenvalue weighted by Gasteiger charge is -2.20. The molecule has 1 aromatic heterocycles. The molecule has 1 N–H and O–H groups in total. The van der Waals surface area contributed by atoms with E-state index in [9.17, 15) is 4.79 Å². The largest absolute Gasteiger partial charge is 0.473 e. The molecular weight excluding hydrogens is 260 g/mol. The molecule has 0 saturated carbocycles. The SMILES string of the molecule is CC(C)(C)NC(=O)c1ccnc(OC2CCSC2)c1. The highest BCUT2D eigenvalue weighted by Gasteiger charge is 2.19. The summed E-state index contributed by atoms with van der Waals surface area (Å²) in [4.78, 5) is 16.2. The third-order valence-corrected chi connectivity index (χ3v) is 3.79. The number of hydrogen-bond donors (Lipinski definition) is 1. The first-order valence-electron chi connectivity index (χ1n) is 6.47. The summed E-state index contributed by atoms with van der Waals surface area (Å²) in [6, 6.07) is 3.42. The minimum Gasteiger partial charge on any atom is -0.473 e. The van der Waals surface area contributed by atoms with Gasteiger partial charge in [-0.1, -0.05) is 0 Å². The van der Waals surface area contributed by atoms with Gasteiger partial charge in [0, 0.05) is 29.1 Å². The van der Waals surface area contributed by atoms with Gasteiger partial charge in [-0.05, 0) is 39.0 Å². The average Bonchev–Trinajstić information content (AvgIpc) is 2.80. The van der Waals surface area contributed by atoms with Crippen molar-refractivity contribution in [2.45, 2.75) is 38.8 Å². The van der Waals surface area contributed by atoms with Crippen LogP contribution in [0.25, 0.3) is 0 Å². The van der Waals surface area contributed by atoms with Crippen molar-refractivity contribution in [2.24, 2.45) is 0 Å². The second kappa shape index (κ2) is 5.82. The molecule has 0 aromatic carbocycles. The molecule has 1 fully saturated rings. The van der Waals surface area contributed by atoms with Crippen molar-refractivity contribution < 1.29 is 9.53 Å². The predicted octanol–water partition coefficient (Wildman–Crippen LogP) is 2.49. The molecular formula is C14H20N2O2S. The zero-order valence-electron chi connectivity index (χ0n) is 11.6. The van der Waals surface area contributed by atoms with Gasteiger partial charge in [0.05, 0.1) is 0 Å². The van der Waals surface area contributed by atoms with Crippen molar-refractivity contribution in [2.75, 3.05) is 11.5 Å². The lowest BCUT2D eigenvalue weighted by molar-refractivity contribution is 0.0918. The maximum absolute atomic E-state index is 12.1. The Morgan fingerprint density at radius 3 is 2.95 bits per heavy atom. The Kier molecular flexibility index (Phi) is 4.34. The van der Waals surface area contributed by atoms with E-state index < -0.39 is 0 Å². The number of rotatable bonds is 3. The summed E-state index contributed by atoms with van der Waals surface area (Å²) < 4.78 is 5.78. The van der Waals surface area contributed by atoms with Crippen LogP contribution in [-0.4, -0.2) is 34.0 Å². The van der Waals surface area contributed by atoms with Crippen molar-refractivity contribution >= 4 is 17.7 Å². The molecule has 5 heteroatoms. The number of pyridine rings is 1. The Hall–Kier alpha value is -1.23. The van der Waals surface area contributed by atoms with Crippen LogP contribution >= 0.6 is 11.8 Å². The van der Waals surface area contributed by atoms with E-state index in [-0.39, 0.29) is 17.6 Å². The third-order valence-electron chi connectivity index (χ3n) is 2.66. The van der Waals surface area contributed by atoms with Gasteiger partial charge in [-0.2, -0.15) is 11.8 Å². The molecule has 4 nitrogen and oxygen atoms in total. The van der Waals surface area contributed by atoms with Crippen molar-refractivity contribution in [3.63, 3.8) is 0 Å². The summed E-state index contributed by atoms with van der Waals surface area (Å²) in [5, 5.41) is 2.93. The zero-order chi connectivity index (χ0) is 13.9. The summed E-state index contributed by atoms with van der Waals surface area (Å²) >= 11 is 1.89. The van der Waals surface area contributed by atoms with E-state index in [0.29, 0.717) is 11.4 Å². The standard InChI is InChI=1S/C14H20N2O2S/c1-14(2,3)16-13(17)10-4-6-15-12(8-10)18-11-5-7-19-9-11/h4,6,8,11H,5,7,9H2,1-3H3,(H,16,17). The molecule has 1 aliphatic rings. The van der Waals surface area contributed by atoms with Gasteiger partial charge in [0.1, 0.15) is 6.10 Å². The predicted molar refractivity (Wildman–Crippen MR) is 77.8 cm³/mol. The molecule has 1 aliphatic heterocycles. The van der Waals surface area contributed by atoms with E-state index in [0.717, 1.165) is 17.9 Å². The first-order valence-corrected chi connectivity index (χ1v) is 7.62. The first-order chi connectivity index (χ1) is 8.94. The molecule has 0 radical (unpaired) electrons. The molecule has 0 aliphatic carbocycles. The molecule has 1 amide bonds. The summed E-state index contributed by atoms with van der Waals surface area (Å²) in [7, 11) is 0. The molecule has 1 unspecified atom stereocenters. The van der Waals surface area contributed by atoms with E-state index in [1.165, 1.54) is 0 Å². The van der Waals surface area contributed by atoms with Gasteiger partial charge >= 0.3 is 0 Å². The number of aromatic nitrogens is 1. The van der Waals surface area contributed by atoms with Crippen molar-refractivity contribution in [1.29, 1.82) is 0 Å². The van der Waals surface area contributed by atoms with Crippen LogP contribution < -0.4 is 10.1 Å². The number of nitrogens with one attached hydrogen (secondary N) is 1. The van der Waals surface area contributed by atoms with Crippen LogP contribution in [0.2, 0.25) is 0 Å². The number of carbonyl (C=O) groups is 1. The minimum atomic E-state index is -0.247. The van der Waals surface area contributed by atoms with Crippen molar-refractivity contribution in [1.82, 2.24) is 10.3 Å². The Labute approximate surface area is 118 Å². The molecule has 0 spiro atoms. The Morgan fingerprint density at radius 2 is 2.32 bits per heavy atom. The summed E-state index contributed by atoms with van der Waals surface area (Å²) in [6.45, 7) is 5.87. The lowest BCUT2D eigenvalue weighted by Crippen LogP contribution is -2.40. The van der Waals surface area contributed by atoms with Crippen LogP contribution in [-0.2, 0) is 0 Å². The molecule has 0 bridgehead atoms. The van der Waals surface area contributed by atoms with Crippen LogP contribution in [0.3, 0.4) is 0 Å². The van der Waals surface area contributed by atoms with Crippen LogP contribution in [0.1, 0.15) is 37.6 Å². The molecule has 1 atom stereocenters. The maximum atomic E-state index is 12.1. The number of carbonyl (C=O) groups excluding carboxylic acids is 1. The van der Waals surface area contributed by atoms with Crippen molar-refractivity contribution in [3.05, 3.63) is 23.9 Å². The van der Waals surface area contributed by atoms with E-state index in [1.807, 2.05) is 32.5 Å². The van der Waals surface area contributed by atoms with Gasteiger partial charge < -0.3 is 10.1 Å². The monoisotopic (exact) mass is 280 g/mol. The van der Waals surface area contributed by atoms with Gasteiger partial charge in [0.15, 0.2) is 0 Å². The second-order valence-electron chi connectivity index (χ2n) is 5.69. The lowest BCUT2D eigenvalue weighted by atomic mass is 10.1. The summed E-state index contributed by atoms with van der Waals surface area (Å²) in [5.74, 6) is 2.57. The van der Waals surface area contributed by atoms with Gasteiger partial charge in [0.25, 0.3) is 5.91 Å². The van der Waals surface area contributed by atoms with Crippen LogP contribution in [0.5, 0.6) is 5.88 Å². The van der Waals surface area contributed by atoms with E-state index >= 15 is 0 Å². The van der Waals surface area contributed by atoms with E-state index in [2.05, 4.69) is 10.3 Å². The molecule has 1 aromatic rings. The average molecular weight is 280 g/mol. The third kappa shape index (κ3) is 4.42. The van der Waals surface area contributed by atoms with E-state index in [4.69, 9.17) is 4.74 Å². The topological polar surface area (TPSA) is 51.2 Å². The van der Waals surface area contributed by atoms with Gasteiger partial charge in [0.2, 0.25) is 5.88 Å². The van der Waals surface area contributed by atoms with Crippen molar-refractivity contribution in [3.8, 4) is 5.88 Å². The smallest absolute Gasteiger partial charge is 0.251 e. The highest BCUT2D eigenvalue weighted by atomic mass is 32.2. The number of thioether (sulfide) groups is 1. The highest BCUT2D eigenvalue weighted by molar-refractivity contribution is 7.99. The minimum absolute atomic E-state index is 0.0967. The fraction of sp³-hybridized carbons (Fsp3) is 0.571. The van der Waals surface area contributed by atoms with Gasteiger partial charge in [-0.15, -0.1) is 0 Å². The molecule has 2 rings (SSSR count). The van der Waals surface area contributed by atoms with E-state index in [1.54, 1.807) is 18.3 Å². The fourth-order valence-corrected chi connectivity index (χ4v) is 2.90. The summed E-state index contributed by atoms with van der Waals surface area (Å²) in [5.41, 5.74) is 0.342. The number of hydrogen-bond acceptors (Lipinski definition) is 4. The second-order valence-corrected chi connectivity index (χ2v) is 6.84. The Balaban J connectivity index is 2.03. The quantitative estimate of drug-likeness (QED) is 0.924. The molecule has 104 valence electrons. The van der Waals surface area contributed by atoms with Crippen LogP contribution in [0.4, 0.5) is 0 Å². The zero-order valence-corrected chi connectivity index (χ0v) is 12.4. The highest BCUT2D eigenvalue weighted by Crippen LogP contribution is 2.22. The molecule has 19 heavy (non-hydrogen) atoms. The summed E-state index contributed by atoms with van der Waals surface area (Å²) in [6.07, 6.45) is 2.89. The number of nitrogens with zero attached hydrogens (tertiary/aromatic N) is 1.